The summed E-state index contributed by atoms with van der Waals surface area (Å²) in [4.78, 5) is 2.71. The third kappa shape index (κ3) is 3.74. The fraction of sp³-hybridized carbons (Fsp3) is 1.00. The van der Waals surface area contributed by atoms with Crippen molar-refractivity contribution >= 4 is 0 Å². The van der Waals surface area contributed by atoms with Crippen molar-refractivity contribution in [3.63, 3.8) is 0 Å². The standard InChI is InChI=1S/C14H28N2/c1-3-5-12(2)10-16-9-4-8-15-14(11-16)13-6-7-13/h12-15H,3-11H2,1-2H3. The van der Waals surface area contributed by atoms with Gasteiger partial charge in [0.2, 0.25) is 0 Å². The van der Waals surface area contributed by atoms with Crippen molar-refractivity contribution in [2.75, 3.05) is 26.2 Å². The van der Waals surface area contributed by atoms with Gasteiger partial charge in [-0.05, 0) is 50.6 Å². The van der Waals surface area contributed by atoms with Crippen LogP contribution in [0.25, 0.3) is 0 Å². The zero-order valence-corrected chi connectivity index (χ0v) is 11.0. The molecule has 1 saturated carbocycles. The quantitative estimate of drug-likeness (QED) is 0.772. The monoisotopic (exact) mass is 224 g/mol. The molecule has 2 rings (SSSR count). The molecule has 0 amide bonds. The van der Waals surface area contributed by atoms with Crippen molar-refractivity contribution in [2.24, 2.45) is 11.8 Å². The number of rotatable bonds is 5. The van der Waals surface area contributed by atoms with Gasteiger partial charge in [0.1, 0.15) is 0 Å². The van der Waals surface area contributed by atoms with Crippen molar-refractivity contribution in [2.45, 2.75) is 52.0 Å². The smallest absolute Gasteiger partial charge is 0.0223 e. The molecular formula is C14H28N2. The number of hydrogen-bond acceptors (Lipinski definition) is 2. The second-order valence-corrected chi connectivity index (χ2v) is 5.91. The zero-order chi connectivity index (χ0) is 11.4. The minimum atomic E-state index is 0.802. The van der Waals surface area contributed by atoms with E-state index in [0.29, 0.717) is 0 Å². The summed E-state index contributed by atoms with van der Waals surface area (Å²) in [5, 5.41) is 3.74. The largest absolute Gasteiger partial charge is 0.312 e. The second kappa shape index (κ2) is 6.02. The molecule has 1 N–H and O–H groups in total. The van der Waals surface area contributed by atoms with Gasteiger partial charge in [0.25, 0.3) is 0 Å². The summed E-state index contributed by atoms with van der Waals surface area (Å²) in [5.41, 5.74) is 0. The average Bonchev–Trinajstić information content (AvgIpc) is 3.03. The summed E-state index contributed by atoms with van der Waals surface area (Å²) in [6.45, 7) is 9.88. The number of nitrogens with zero attached hydrogens (tertiary/aromatic N) is 1. The van der Waals surface area contributed by atoms with Crippen LogP contribution in [0.3, 0.4) is 0 Å². The molecule has 0 aromatic rings. The van der Waals surface area contributed by atoms with Crippen LogP contribution >= 0.6 is 0 Å². The van der Waals surface area contributed by atoms with Gasteiger partial charge in [0.05, 0.1) is 0 Å². The molecular weight excluding hydrogens is 196 g/mol. The van der Waals surface area contributed by atoms with Crippen molar-refractivity contribution in [1.82, 2.24) is 10.2 Å². The molecule has 16 heavy (non-hydrogen) atoms. The number of hydrogen-bond donors (Lipinski definition) is 1. The lowest BCUT2D eigenvalue weighted by molar-refractivity contribution is 0.221. The van der Waals surface area contributed by atoms with Crippen LogP contribution in [0.5, 0.6) is 0 Å². The third-order valence-electron chi connectivity index (χ3n) is 4.05. The Hall–Kier alpha value is -0.0800. The van der Waals surface area contributed by atoms with E-state index in [1.807, 2.05) is 0 Å². The predicted molar refractivity (Wildman–Crippen MR) is 69.6 cm³/mol. The van der Waals surface area contributed by atoms with Crippen LogP contribution in [0.1, 0.15) is 46.0 Å². The van der Waals surface area contributed by atoms with E-state index in [1.54, 1.807) is 0 Å². The fourth-order valence-corrected chi connectivity index (χ4v) is 3.03. The predicted octanol–water partition coefficient (Wildman–Crippen LogP) is 2.50. The van der Waals surface area contributed by atoms with Gasteiger partial charge in [-0.25, -0.2) is 0 Å². The van der Waals surface area contributed by atoms with Gasteiger partial charge < -0.3 is 10.2 Å². The van der Waals surface area contributed by atoms with Gasteiger partial charge in [-0.1, -0.05) is 20.3 Å². The van der Waals surface area contributed by atoms with Crippen LogP contribution in [0, 0.1) is 11.8 Å². The summed E-state index contributed by atoms with van der Waals surface area (Å²) in [6.07, 6.45) is 6.99. The normalized spacial score (nSPS) is 30.0. The maximum Gasteiger partial charge on any atom is 0.0223 e. The SMILES string of the molecule is CCCC(C)CN1CCCNC(C2CC2)C1. The Morgan fingerprint density at radius 2 is 2.19 bits per heavy atom. The van der Waals surface area contributed by atoms with Gasteiger partial charge in [0.15, 0.2) is 0 Å². The molecule has 94 valence electrons. The van der Waals surface area contributed by atoms with Crippen LogP contribution in [0.15, 0.2) is 0 Å². The maximum absolute atomic E-state index is 3.74. The van der Waals surface area contributed by atoms with E-state index in [2.05, 4.69) is 24.1 Å². The fourth-order valence-electron chi connectivity index (χ4n) is 3.03. The van der Waals surface area contributed by atoms with E-state index in [0.717, 1.165) is 17.9 Å². The molecule has 1 saturated heterocycles. The Balaban J connectivity index is 1.77. The third-order valence-corrected chi connectivity index (χ3v) is 4.05. The highest BCUT2D eigenvalue weighted by atomic mass is 15.2. The molecule has 2 heteroatoms. The van der Waals surface area contributed by atoms with Crippen LogP contribution in [-0.4, -0.2) is 37.1 Å². The maximum atomic E-state index is 3.74. The first-order chi connectivity index (χ1) is 7.79. The molecule has 1 aliphatic heterocycles. The van der Waals surface area contributed by atoms with Gasteiger partial charge in [-0.15, -0.1) is 0 Å². The van der Waals surface area contributed by atoms with E-state index >= 15 is 0 Å². The molecule has 0 radical (unpaired) electrons. The first kappa shape index (κ1) is 12.4. The summed E-state index contributed by atoms with van der Waals surface area (Å²) in [7, 11) is 0. The molecule has 2 fully saturated rings. The Bertz CT molecular complexity index is 201. The molecule has 0 spiro atoms. The second-order valence-electron chi connectivity index (χ2n) is 5.91. The summed E-state index contributed by atoms with van der Waals surface area (Å²) in [6, 6.07) is 0.802. The van der Waals surface area contributed by atoms with Crippen molar-refractivity contribution in [1.29, 1.82) is 0 Å². The van der Waals surface area contributed by atoms with Gasteiger partial charge in [-0.2, -0.15) is 0 Å². The first-order valence-corrected chi connectivity index (χ1v) is 7.25. The van der Waals surface area contributed by atoms with Crippen molar-refractivity contribution in [3.8, 4) is 0 Å². The van der Waals surface area contributed by atoms with Crippen molar-refractivity contribution < 1.29 is 0 Å². The van der Waals surface area contributed by atoms with Crippen LogP contribution < -0.4 is 5.32 Å². The summed E-state index contributed by atoms with van der Waals surface area (Å²) < 4.78 is 0. The van der Waals surface area contributed by atoms with Gasteiger partial charge in [0, 0.05) is 19.1 Å². The highest BCUT2D eigenvalue weighted by molar-refractivity contribution is 4.90. The van der Waals surface area contributed by atoms with E-state index in [-0.39, 0.29) is 0 Å². The molecule has 1 aliphatic carbocycles. The minimum Gasteiger partial charge on any atom is -0.312 e. The summed E-state index contributed by atoms with van der Waals surface area (Å²) in [5.74, 6) is 1.88. The van der Waals surface area contributed by atoms with Gasteiger partial charge >= 0.3 is 0 Å². The Morgan fingerprint density at radius 3 is 2.88 bits per heavy atom. The molecule has 0 bridgehead atoms. The molecule has 2 aliphatic rings. The minimum absolute atomic E-state index is 0.802. The van der Waals surface area contributed by atoms with Crippen molar-refractivity contribution in [3.05, 3.63) is 0 Å². The molecule has 2 atom stereocenters. The van der Waals surface area contributed by atoms with Crippen LogP contribution in [-0.2, 0) is 0 Å². The average molecular weight is 224 g/mol. The van der Waals surface area contributed by atoms with E-state index < -0.39 is 0 Å². The lowest BCUT2D eigenvalue weighted by atomic mass is 10.0. The first-order valence-electron chi connectivity index (χ1n) is 7.25. The van der Waals surface area contributed by atoms with E-state index in [1.165, 1.54) is 58.3 Å². The lowest BCUT2D eigenvalue weighted by Crippen LogP contribution is -2.40. The Labute approximate surface area is 101 Å². The topological polar surface area (TPSA) is 15.3 Å². The Kier molecular flexibility index (Phi) is 4.66. The molecule has 0 aromatic carbocycles. The van der Waals surface area contributed by atoms with Gasteiger partial charge in [-0.3, -0.25) is 0 Å². The highest BCUT2D eigenvalue weighted by Gasteiger charge is 2.33. The molecule has 2 nitrogen and oxygen atoms in total. The lowest BCUT2D eigenvalue weighted by Gasteiger charge is -2.27. The molecule has 2 unspecified atom stereocenters. The van der Waals surface area contributed by atoms with E-state index in [4.69, 9.17) is 0 Å². The highest BCUT2D eigenvalue weighted by Crippen LogP contribution is 2.33. The molecule has 1 heterocycles. The van der Waals surface area contributed by atoms with E-state index in [9.17, 15) is 0 Å². The Morgan fingerprint density at radius 1 is 1.38 bits per heavy atom. The van der Waals surface area contributed by atoms with Crippen LogP contribution in [0.2, 0.25) is 0 Å². The zero-order valence-electron chi connectivity index (χ0n) is 11.0. The summed E-state index contributed by atoms with van der Waals surface area (Å²) >= 11 is 0. The molecule has 0 aromatic heterocycles. The van der Waals surface area contributed by atoms with Crippen LogP contribution in [0.4, 0.5) is 0 Å². The number of nitrogens with one attached hydrogen (secondary N) is 1.